The van der Waals surface area contributed by atoms with Gasteiger partial charge in [0.25, 0.3) is 0 Å². The van der Waals surface area contributed by atoms with Crippen LogP contribution >= 0.6 is 0 Å². The van der Waals surface area contributed by atoms with Crippen molar-refractivity contribution in [1.29, 1.82) is 0 Å². The summed E-state index contributed by atoms with van der Waals surface area (Å²) in [5, 5.41) is 5.13. The normalized spacial score (nSPS) is 12.2. The van der Waals surface area contributed by atoms with Gasteiger partial charge in [-0.15, -0.1) is 0 Å². The summed E-state index contributed by atoms with van der Waals surface area (Å²) in [4.78, 5) is 3.71. The third kappa shape index (κ3) is 3.24. The lowest BCUT2D eigenvalue weighted by Crippen LogP contribution is -2.05. The Labute approximate surface area is 136 Å². The second kappa shape index (κ2) is 6.35. The smallest absolute Gasteiger partial charge is 0.347 e. The van der Waals surface area contributed by atoms with E-state index in [9.17, 15) is 13.2 Å². The van der Waals surface area contributed by atoms with Gasteiger partial charge in [0, 0.05) is 35.4 Å². The van der Waals surface area contributed by atoms with Crippen LogP contribution in [-0.2, 0) is 12.7 Å². The summed E-state index contributed by atoms with van der Waals surface area (Å²) in [6, 6.07) is 10.2. The highest BCUT2D eigenvalue weighted by molar-refractivity contribution is 5.99. The molecule has 2 heterocycles. The lowest BCUT2D eigenvalue weighted by Gasteiger charge is -2.06. The maximum atomic E-state index is 12.5. The van der Waals surface area contributed by atoms with E-state index in [1.807, 2.05) is 30.5 Å². The van der Waals surface area contributed by atoms with Gasteiger partial charge in [-0.3, -0.25) is 5.43 Å². The number of hydrogen-bond acceptors (Lipinski definition) is 3. The summed E-state index contributed by atoms with van der Waals surface area (Å²) in [5.74, 6) is 0.249. The Morgan fingerprint density at radius 3 is 2.67 bits per heavy atom. The summed E-state index contributed by atoms with van der Waals surface area (Å²) in [6.07, 6.45) is 0.00144. The Kier molecular flexibility index (Phi) is 4.24. The second-order valence-corrected chi connectivity index (χ2v) is 5.19. The molecule has 4 nitrogen and oxygen atoms in total. The minimum Gasteiger partial charge on any atom is -0.347 e. The molecule has 3 aromatic rings. The van der Waals surface area contributed by atoms with Gasteiger partial charge < -0.3 is 4.57 Å². The predicted octanol–water partition coefficient (Wildman–Crippen LogP) is 4.52. The number of para-hydroxylation sites is 1. The number of nitrogens with zero attached hydrogens (tertiary/aromatic N) is 3. The first-order valence-corrected chi connectivity index (χ1v) is 7.39. The Morgan fingerprint density at radius 2 is 2.00 bits per heavy atom. The van der Waals surface area contributed by atoms with E-state index in [0.29, 0.717) is 0 Å². The van der Waals surface area contributed by atoms with Crippen LogP contribution in [0.25, 0.3) is 10.9 Å². The SMILES string of the molecule is CCn1cc(/C=N\Nc2ccc(C(F)(F)F)cn2)c2ccccc21. The van der Waals surface area contributed by atoms with Gasteiger partial charge >= 0.3 is 6.18 Å². The van der Waals surface area contributed by atoms with Gasteiger partial charge in [-0.05, 0) is 25.1 Å². The number of halogens is 3. The van der Waals surface area contributed by atoms with Crippen LogP contribution in [-0.4, -0.2) is 15.8 Å². The van der Waals surface area contributed by atoms with E-state index in [-0.39, 0.29) is 5.82 Å². The van der Waals surface area contributed by atoms with Crippen LogP contribution in [0.1, 0.15) is 18.1 Å². The van der Waals surface area contributed by atoms with Gasteiger partial charge in [-0.1, -0.05) is 18.2 Å². The highest BCUT2D eigenvalue weighted by atomic mass is 19.4. The molecule has 2 aromatic heterocycles. The molecule has 0 saturated heterocycles. The number of alkyl halides is 3. The highest BCUT2D eigenvalue weighted by Crippen LogP contribution is 2.28. The number of hydrazone groups is 1. The average molecular weight is 332 g/mol. The lowest BCUT2D eigenvalue weighted by atomic mass is 10.2. The van der Waals surface area contributed by atoms with Crippen molar-refractivity contribution < 1.29 is 13.2 Å². The van der Waals surface area contributed by atoms with Gasteiger partial charge in [0.15, 0.2) is 0 Å². The first-order chi connectivity index (χ1) is 11.5. The molecule has 0 fully saturated rings. The van der Waals surface area contributed by atoms with Crippen molar-refractivity contribution in [3.8, 4) is 0 Å². The van der Waals surface area contributed by atoms with Gasteiger partial charge in [0.2, 0.25) is 0 Å². The number of aryl methyl sites for hydroxylation is 1. The predicted molar refractivity (Wildman–Crippen MR) is 88.1 cm³/mol. The third-order valence-electron chi connectivity index (χ3n) is 3.63. The summed E-state index contributed by atoms with van der Waals surface area (Å²) in [7, 11) is 0. The van der Waals surface area contributed by atoms with E-state index in [1.54, 1.807) is 6.21 Å². The Morgan fingerprint density at radius 1 is 1.21 bits per heavy atom. The number of rotatable bonds is 4. The van der Waals surface area contributed by atoms with Crippen molar-refractivity contribution in [1.82, 2.24) is 9.55 Å². The molecule has 0 unspecified atom stereocenters. The quantitative estimate of drug-likeness (QED) is 0.564. The van der Waals surface area contributed by atoms with Crippen molar-refractivity contribution in [2.24, 2.45) is 5.10 Å². The first-order valence-electron chi connectivity index (χ1n) is 7.39. The summed E-state index contributed by atoms with van der Waals surface area (Å²) < 4.78 is 39.6. The summed E-state index contributed by atoms with van der Waals surface area (Å²) >= 11 is 0. The fourth-order valence-corrected chi connectivity index (χ4v) is 2.44. The van der Waals surface area contributed by atoms with E-state index in [4.69, 9.17) is 0 Å². The van der Waals surface area contributed by atoms with Crippen LogP contribution < -0.4 is 5.43 Å². The number of benzene rings is 1. The minimum absolute atomic E-state index is 0.249. The Hall–Kier alpha value is -2.83. The largest absolute Gasteiger partial charge is 0.417 e. The van der Waals surface area contributed by atoms with Crippen LogP contribution in [0.15, 0.2) is 53.9 Å². The molecule has 3 rings (SSSR count). The maximum Gasteiger partial charge on any atom is 0.417 e. The Bertz CT molecular complexity index is 864. The molecule has 0 radical (unpaired) electrons. The van der Waals surface area contributed by atoms with E-state index in [2.05, 4.69) is 27.0 Å². The van der Waals surface area contributed by atoms with Crippen LogP contribution in [0.4, 0.5) is 19.0 Å². The van der Waals surface area contributed by atoms with Crippen molar-refractivity contribution in [3.05, 3.63) is 59.9 Å². The molecule has 0 bridgehead atoms. The first kappa shape index (κ1) is 16.0. The molecular weight excluding hydrogens is 317 g/mol. The molecule has 0 aliphatic heterocycles. The topological polar surface area (TPSA) is 42.2 Å². The van der Waals surface area contributed by atoms with Crippen LogP contribution in [0.3, 0.4) is 0 Å². The monoisotopic (exact) mass is 332 g/mol. The number of nitrogens with one attached hydrogen (secondary N) is 1. The average Bonchev–Trinajstić information content (AvgIpc) is 2.93. The molecule has 1 aromatic carbocycles. The highest BCUT2D eigenvalue weighted by Gasteiger charge is 2.30. The molecule has 0 amide bonds. The molecule has 0 aliphatic rings. The molecule has 24 heavy (non-hydrogen) atoms. The number of aromatic nitrogens is 2. The molecule has 0 atom stereocenters. The molecular formula is C17H15F3N4. The maximum absolute atomic E-state index is 12.5. The van der Waals surface area contributed by atoms with Crippen LogP contribution in [0, 0.1) is 0 Å². The molecule has 0 saturated carbocycles. The third-order valence-corrected chi connectivity index (χ3v) is 3.63. The van der Waals surface area contributed by atoms with Crippen molar-refractivity contribution in [2.75, 3.05) is 5.43 Å². The minimum atomic E-state index is -4.39. The fourth-order valence-electron chi connectivity index (χ4n) is 2.44. The molecule has 124 valence electrons. The zero-order chi connectivity index (χ0) is 17.2. The number of fused-ring (bicyclic) bond motifs is 1. The van der Waals surface area contributed by atoms with Crippen LogP contribution in [0.5, 0.6) is 0 Å². The summed E-state index contributed by atoms with van der Waals surface area (Å²) in [5.41, 5.74) is 3.89. The van der Waals surface area contributed by atoms with Crippen molar-refractivity contribution >= 4 is 22.9 Å². The number of pyridine rings is 1. The zero-order valence-electron chi connectivity index (χ0n) is 12.9. The lowest BCUT2D eigenvalue weighted by molar-refractivity contribution is -0.137. The van der Waals surface area contributed by atoms with Crippen molar-refractivity contribution in [2.45, 2.75) is 19.6 Å². The molecule has 0 spiro atoms. The molecule has 1 N–H and O–H groups in total. The van der Waals surface area contributed by atoms with Crippen molar-refractivity contribution in [3.63, 3.8) is 0 Å². The zero-order valence-corrected chi connectivity index (χ0v) is 12.9. The summed E-state index contributed by atoms with van der Waals surface area (Å²) in [6.45, 7) is 2.89. The fraction of sp³-hybridized carbons (Fsp3) is 0.176. The van der Waals surface area contributed by atoms with Gasteiger partial charge in [0.05, 0.1) is 11.8 Å². The number of hydrogen-bond donors (Lipinski definition) is 1. The van der Waals surface area contributed by atoms with Crippen LogP contribution in [0.2, 0.25) is 0 Å². The van der Waals surface area contributed by atoms with E-state index in [1.165, 1.54) is 6.07 Å². The standard InChI is InChI=1S/C17H15F3N4/c1-2-24-11-12(14-5-3-4-6-15(14)24)9-22-23-16-8-7-13(10-21-16)17(18,19)20/h3-11H,2H2,1H3,(H,21,23)/b22-9-. The molecule has 0 aliphatic carbocycles. The second-order valence-electron chi connectivity index (χ2n) is 5.19. The van der Waals surface area contributed by atoms with E-state index >= 15 is 0 Å². The van der Waals surface area contributed by atoms with Gasteiger partial charge in [0.1, 0.15) is 5.82 Å². The van der Waals surface area contributed by atoms with Gasteiger partial charge in [-0.25, -0.2) is 4.98 Å². The Balaban J connectivity index is 1.77. The number of anilines is 1. The van der Waals surface area contributed by atoms with E-state index < -0.39 is 11.7 Å². The van der Waals surface area contributed by atoms with Gasteiger partial charge in [-0.2, -0.15) is 18.3 Å². The van der Waals surface area contributed by atoms with E-state index in [0.717, 1.165) is 35.3 Å². The molecule has 7 heteroatoms.